The van der Waals surface area contributed by atoms with Gasteiger partial charge in [0.2, 0.25) is 0 Å². The van der Waals surface area contributed by atoms with E-state index in [1.807, 2.05) is 12.1 Å². The first kappa shape index (κ1) is 16.3. The molecule has 1 aromatic carbocycles. The second-order valence-corrected chi connectivity index (χ2v) is 7.32. The smallest absolute Gasteiger partial charge is 0.0797 e. The normalized spacial score (nSPS) is 19.6. The molecule has 2 N–H and O–H groups in total. The molecule has 3 heterocycles. The quantitative estimate of drug-likeness (QED) is 0.763. The third-order valence-electron chi connectivity index (χ3n) is 5.39. The topological polar surface area (TPSA) is 52.2 Å². The summed E-state index contributed by atoms with van der Waals surface area (Å²) in [5.41, 5.74) is 6.13. The molecule has 2 aromatic heterocycles. The molecule has 4 rings (SSSR count). The molecule has 0 saturated heterocycles. The summed E-state index contributed by atoms with van der Waals surface area (Å²) in [6, 6.07) is 10.4. The molecule has 0 bridgehead atoms. The zero-order chi connectivity index (χ0) is 17.4. The number of aryl methyl sites for hydroxylation is 1. The van der Waals surface area contributed by atoms with Crippen molar-refractivity contribution < 1.29 is 5.11 Å². The van der Waals surface area contributed by atoms with Crippen molar-refractivity contribution >= 4 is 10.9 Å². The lowest BCUT2D eigenvalue weighted by atomic mass is 9.90. The second kappa shape index (κ2) is 6.62. The van der Waals surface area contributed by atoms with E-state index in [1.54, 1.807) is 12.4 Å². The van der Waals surface area contributed by atoms with Crippen molar-refractivity contribution in [3.05, 3.63) is 65.1 Å². The molecule has 25 heavy (non-hydrogen) atoms. The van der Waals surface area contributed by atoms with Crippen molar-refractivity contribution in [1.82, 2.24) is 14.9 Å². The largest absolute Gasteiger partial charge is 0.388 e. The number of aliphatic hydroxyl groups excluding tert-OH is 1. The van der Waals surface area contributed by atoms with Crippen LogP contribution in [0.15, 0.2) is 42.7 Å². The Bertz CT molecular complexity index is 871. The minimum Gasteiger partial charge on any atom is -0.388 e. The first-order chi connectivity index (χ1) is 12.1. The van der Waals surface area contributed by atoms with E-state index in [1.165, 1.54) is 27.7 Å². The minimum atomic E-state index is -0.461. The van der Waals surface area contributed by atoms with E-state index >= 15 is 0 Å². The summed E-state index contributed by atoms with van der Waals surface area (Å²) in [4.78, 5) is 10.1. The Hall–Kier alpha value is -2.17. The van der Waals surface area contributed by atoms with Crippen LogP contribution in [0, 0.1) is 6.92 Å². The SMILES string of the molecule is Cc1ccc2[nH]c3c(c2c1)CN(C)CCC3CC(O)c1ccncc1. The molecule has 0 amide bonds. The van der Waals surface area contributed by atoms with Crippen molar-refractivity contribution in [1.29, 1.82) is 0 Å². The highest BCUT2D eigenvalue weighted by atomic mass is 16.3. The molecule has 130 valence electrons. The van der Waals surface area contributed by atoms with Gasteiger partial charge in [0.1, 0.15) is 0 Å². The predicted molar refractivity (Wildman–Crippen MR) is 101 cm³/mol. The fraction of sp³-hybridized carbons (Fsp3) is 0.381. The Morgan fingerprint density at radius 3 is 2.88 bits per heavy atom. The lowest BCUT2D eigenvalue weighted by Crippen LogP contribution is -2.17. The summed E-state index contributed by atoms with van der Waals surface area (Å²) in [5, 5.41) is 12.0. The van der Waals surface area contributed by atoms with Gasteiger partial charge in [0.15, 0.2) is 0 Å². The number of hydrogen-bond acceptors (Lipinski definition) is 3. The van der Waals surface area contributed by atoms with Gasteiger partial charge in [-0.05, 0) is 68.8 Å². The van der Waals surface area contributed by atoms with E-state index < -0.39 is 6.10 Å². The molecule has 2 unspecified atom stereocenters. The highest BCUT2D eigenvalue weighted by molar-refractivity contribution is 5.85. The Morgan fingerprint density at radius 1 is 1.28 bits per heavy atom. The van der Waals surface area contributed by atoms with Gasteiger partial charge in [0.25, 0.3) is 0 Å². The number of H-pyrrole nitrogens is 1. The van der Waals surface area contributed by atoms with Gasteiger partial charge in [-0.1, -0.05) is 11.6 Å². The molecule has 0 fully saturated rings. The number of hydrogen-bond donors (Lipinski definition) is 2. The zero-order valence-corrected chi connectivity index (χ0v) is 14.9. The van der Waals surface area contributed by atoms with Gasteiger partial charge in [-0.15, -0.1) is 0 Å². The van der Waals surface area contributed by atoms with Gasteiger partial charge in [0.05, 0.1) is 6.10 Å². The maximum Gasteiger partial charge on any atom is 0.0797 e. The maximum atomic E-state index is 10.7. The van der Waals surface area contributed by atoms with Crippen LogP contribution in [0.5, 0.6) is 0 Å². The van der Waals surface area contributed by atoms with Crippen LogP contribution in [-0.4, -0.2) is 33.6 Å². The molecule has 3 aromatic rings. The van der Waals surface area contributed by atoms with Gasteiger partial charge in [0, 0.05) is 41.5 Å². The molecular formula is C21H25N3O. The summed E-state index contributed by atoms with van der Waals surface area (Å²) < 4.78 is 0. The number of fused-ring (bicyclic) bond motifs is 3. The molecule has 2 atom stereocenters. The fourth-order valence-corrected chi connectivity index (χ4v) is 4.00. The van der Waals surface area contributed by atoms with Crippen LogP contribution in [0.4, 0.5) is 0 Å². The van der Waals surface area contributed by atoms with Crippen LogP contribution in [0.3, 0.4) is 0 Å². The van der Waals surface area contributed by atoms with E-state index in [4.69, 9.17) is 0 Å². The van der Waals surface area contributed by atoms with Crippen LogP contribution >= 0.6 is 0 Å². The molecule has 0 aliphatic carbocycles. The molecule has 1 aliphatic heterocycles. The van der Waals surface area contributed by atoms with Crippen LogP contribution < -0.4 is 0 Å². The number of nitrogens with zero attached hydrogens (tertiary/aromatic N) is 2. The van der Waals surface area contributed by atoms with Gasteiger partial charge < -0.3 is 15.0 Å². The van der Waals surface area contributed by atoms with Crippen LogP contribution in [0.25, 0.3) is 10.9 Å². The van der Waals surface area contributed by atoms with Crippen LogP contribution in [0.1, 0.15) is 47.2 Å². The lowest BCUT2D eigenvalue weighted by Gasteiger charge is -2.19. The monoisotopic (exact) mass is 335 g/mol. The molecule has 0 saturated carbocycles. The molecule has 4 heteroatoms. The highest BCUT2D eigenvalue weighted by Crippen LogP contribution is 2.38. The van der Waals surface area contributed by atoms with E-state index in [2.05, 4.69) is 47.0 Å². The van der Waals surface area contributed by atoms with Crippen molar-refractivity contribution in [2.24, 2.45) is 0 Å². The van der Waals surface area contributed by atoms with Crippen molar-refractivity contribution in [2.45, 2.75) is 38.3 Å². The number of aromatic amines is 1. The van der Waals surface area contributed by atoms with E-state index in [0.717, 1.165) is 31.5 Å². The standard InChI is InChI=1S/C21H25N3O/c1-14-3-4-19-17(11-14)18-13-24(2)10-7-16(21(18)23-19)12-20(25)15-5-8-22-9-6-15/h3-6,8-9,11,16,20,23,25H,7,10,12-13H2,1-2H3. The zero-order valence-electron chi connectivity index (χ0n) is 14.9. The Labute approximate surface area is 148 Å². The minimum absolute atomic E-state index is 0.329. The molecule has 0 radical (unpaired) electrons. The fourth-order valence-electron chi connectivity index (χ4n) is 4.00. The number of nitrogens with one attached hydrogen (secondary N) is 1. The molecule has 0 spiro atoms. The van der Waals surface area contributed by atoms with Crippen LogP contribution in [-0.2, 0) is 6.54 Å². The third-order valence-corrected chi connectivity index (χ3v) is 5.39. The van der Waals surface area contributed by atoms with Gasteiger partial charge in [-0.3, -0.25) is 4.98 Å². The van der Waals surface area contributed by atoms with Gasteiger partial charge in [-0.25, -0.2) is 0 Å². The maximum absolute atomic E-state index is 10.7. The Balaban J connectivity index is 1.71. The Kier molecular flexibility index (Phi) is 4.32. The second-order valence-electron chi connectivity index (χ2n) is 7.32. The summed E-state index contributed by atoms with van der Waals surface area (Å²) in [6.45, 7) is 4.15. The summed E-state index contributed by atoms with van der Waals surface area (Å²) in [5.74, 6) is 0.329. The number of aliphatic hydroxyl groups is 1. The predicted octanol–water partition coefficient (Wildman–Crippen LogP) is 3.91. The average Bonchev–Trinajstić information content (AvgIpc) is 2.88. The lowest BCUT2D eigenvalue weighted by molar-refractivity contribution is 0.153. The summed E-state index contributed by atoms with van der Waals surface area (Å²) in [6.07, 6.45) is 4.82. The number of rotatable bonds is 3. The van der Waals surface area contributed by atoms with Crippen LogP contribution in [0.2, 0.25) is 0 Å². The van der Waals surface area contributed by atoms with E-state index in [0.29, 0.717) is 5.92 Å². The molecule has 4 nitrogen and oxygen atoms in total. The first-order valence-electron chi connectivity index (χ1n) is 8.99. The third kappa shape index (κ3) is 3.20. The highest BCUT2D eigenvalue weighted by Gasteiger charge is 2.27. The van der Waals surface area contributed by atoms with E-state index in [-0.39, 0.29) is 0 Å². The van der Waals surface area contributed by atoms with Crippen molar-refractivity contribution in [3.63, 3.8) is 0 Å². The first-order valence-corrected chi connectivity index (χ1v) is 8.99. The molecular weight excluding hydrogens is 310 g/mol. The average molecular weight is 335 g/mol. The number of benzene rings is 1. The van der Waals surface area contributed by atoms with Crippen molar-refractivity contribution in [3.8, 4) is 0 Å². The summed E-state index contributed by atoms with van der Waals surface area (Å²) >= 11 is 0. The van der Waals surface area contributed by atoms with Gasteiger partial charge >= 0.3 is 0 Å². The molecule has 1 aliphatic rings. The Morgan fingerprint density at radius 2 is 2.08 bits per heavy atom. The van der Waals surface area contributed by atoms with Crippen molar-refractivity contribution in [2.75, 3.05) is 13.6 Å². The van der Waals surface area contributed by atoms with Gasteiger partial charge in [-0.2, -0.15) is 0 Å². The van der Waals surface area contributed by atoms with E-state index in [9.17, 15) is 5.11 Å². The summed E-state index contributed by atoms with van der Waals surface area (Å²) in [7, 11) is 2.18. The number of pyridine rings is 1. The number of aromatic nitrogens is 2.